The molecule has 4 nitrogen and oxygen atoms in total. The van der Waals surface area contributed by atoms with Gasteiger partial charge in [-0.1, -0.05) is 78.9 Å². The molecule has 0 aliphatic carbocycles. The summed E-state index contributed by atoms with van der Waals surface area (Å²) in [5, 5.41) is 3.69. The van der Waals surface area contributed by atoms with E-state index in [0.29, 0.717) is 0 Å². The highest BCUT2D eigenvalue weighted by Gasteiger charge is 2.62. The minimum absolute atomic E-state index is 0.0324. The predicted octanol–water partition coefficient (Wildman–Crippen LogP) is 4.58. The number of nitrogens with zero attached hydrogens (tertiary/aromatic N) is 2. The van der Waals surface area contributed by atoms with Crippen LogP contribution < -0.4 is 10.6 Å². The number of rotatable bonds is 5. The van der Waals surface area contributed by atoms with E-state index in [0.717, 1.165) is 26.9 Å². The summed E-state index contributed by atoms with van der Waals surface area (Å²) in [4.78, 5) is 14.9. The Hall–Kier alpha value is -3.20. The van der Waals surface area contributed by atoms with Gasteiger partial charge in [-0.25, -0.2) is 4.67 Å². The maximum atomic E-state index is 15.0. The quantitative estimate of drug-likeness (QED) is 0.337. The number of carbonyl (C=O) groups excluding carboxylic acids is 1. The average Bonchev–Trinajstić information content (AvgIpc) is 3.59. The second-order valence-electron chi connectivity index (χ2n) is 8.32. The molecule has 4 aromatic carbocycles. The van der Waals surface area contributed by atoms with Crippen molar-refractivity contribution in [2.75, 3.05) is 14.1 Å². The summed E-state index contributed by atoms with van der Waals surface area (Å²) in [5.74, 6) is -0.0324. The fourth-order valence-electron chi connectivity index (χ4n) is 4.58. The van der Waals surface area contributed by atoms with E-state index in [9.17, 15) is 9.36 Å². The third-order valence-electron chi connectivity index (χ3n) is 6.15. The summed E-state index contributed by atoms with van der Waals surface area (Å²) < 4.78 is 16.9. The van der Waals surface area contributed by atoms with Crippen LogP contribution in [0.25, 0.3) is 10.8 Å². The lowest BCUT2D eigenvalue weighted by Crippen LogP contribution is -2.30. The third kappa shape index (κ3) is 3.28. The van der Waals surface area contributed by atoms with Crippen molar-refractivity contribution < 1.29 is 9.36 Å². The van der Waals surface area contributed by atoms with E-state index in [1.807, 2.05) is 83.5 Å². The second kappa shape index (κ2) is 8.05. The molecule has 0 spiro atoms. The Kier molecular flexibility index (Phi) is 5.21. The van der Waals surface area contributed by atoms with E-state index in [2.05, 4.69) is 24.3 Å². The molecule has 1 saturated heterocycles. The highest BCUT2D eigenvalue weighted by molar-refractivity contribution is 7.76. The van der Waals surface area contributed by atoms with Gasteiger partial charge in [0.25, 0.3) is 0 Å². The van der Waals surface area contributed by atoms with E-state index < -0.39 is 13.3 Å². The maximum Gasteiger partial charge on any atom is 0.241 e. The van der Waals surface area contributed by atoms with Crippen molar-refractivity contribution in [3.63, 3.8) is 0 Å². The largest absolute Gasteiger partial charge is 0.347 e. The topological polar surface area (TPSA) is 40.4 Å². The SMILES string of the molecule is CN(C)C(=O)C1C(c2cccc3ccccc23)N1P(=O)(c1ccccc1)c1ccccc1. The molecule has 5 rings (SSSR count). The smallest absolute Gasteiger partial charge is 0.241 e. The van der Waals surface area contributed by atoms with Crippen molar-refractivity contribution in [3.05, 3.63) is 109 Å². The number of carbonyl (C=O) groups is 1. The summed E-state index contributed by atoms with van der Waals surface area (Å²) in [6.07, 6.45) is 0. The molecule has 160 valence electrons. The first kappa shape index (κ1) is 20.7. The van der Waals surface area contributed by atoms with Crippen LogP contribution in [0.3, 0.4) is 0 Å². The van der Waals surface area contributed by atoms with Crippen LogP contribution in [0.5, 0.6) is 0 Å². The summed E-state index contributed by atoms with van der Waals surface area (Å²) >= 11 is 0. The molecule has 3 unspecified atom stereocenters. The highest BCUT2D eigenvalue weighted by Crippen LogP contribution is 2.65. The van der Waals surface area contributed by atoms with Gasteiger partial charge in [0.1, 0.15) is 6.04 Å². The summed E-state index contributed by atoms with van der Waals surface area (Å²) in [5.41, 5.74) is 1.04. The first-order valence-corrected chi connectivity index (χ1v) is 12.4. The molecule has 1 fully saturated rings. The molecular formula is C27H25N2O2P. The minimum Gasteiger partial charge on any atom is -0.347 e. The molecule has 0 bridgehead atoms. The Balaban J connectivity index is 1.72. The molecule has 0 saturated carbocycles. The van der Waals surface area contributed by atoms with Crippen molar-refractivity contribution in [2.45, 2.75) is 12.1 Å². The lowest BCUT2D eigenvalue weighted by atomic mass is 10.0. The van der Waals surface area contributed by atoms with Gasteiger partial charge < -0.3 is 4.90 Å². The molecule has 1 heterocycles. The van der Waals surface area contributed by atoms with Crippen molar-refractivity contribution in [1.29, 1.82) is 0 Å². The maximum absolute atomic E-state index is 15.0. The van der Waals surface area contributed by atoms with Crippen LogP contribution >= 0.6 is 7.29 Å². The summed E-state index contributed by atoms with van der Waals surface area (Å²) in [6.45, 7) is 0. The standard InChI is InChI=1S/C27H25N2O2P/c1-28(2)27(30)26-25(24-19-11-13-20-12-9-10-18-23(20)24)29(26)32(31,21-14-5-3-6-15-21)22-16-7-4-8-17-22/h3-19,25-26H,1-2H3. The average molecular weight is 440 g/mol. The zero-order valence-electron chi connectivity index (χ0n) is 18.1. The number of amides is 1. The number of likely N-dealkylation sites (N-methyl/N-ethyl adjacent to an activating group) is 1. The van der Waals surface area contributed by atoms with Gasteiger partial charge in [0.2, 0.25) is 13.2 Å². The van der Waals surface area contributed by atoms with Gasteiger partial charge in [0.15, 0.2) is 0 Å². The summed E-state index contributed by atoms with van der Waals surface area (Å²) in [6, 6.07) is 32.7. The molecule has 1 amide bonds. The second-order valence-corrected chi connectivity index (χ2v) is 11.0. The predicted molar refractivity (Wildman–Crippen MR) is 131 cm³/mol. The van der Waals surface area contributed by atoms with Gasteiger partial charge in [-0.15, -0.1) is 0 Å². The Morgan fingerprint density at radius 2 is 1.28 bits per heavy atom. The van der Waals surface area contributed by atoms with Gasteiger partial charge in [-0.2, -0.15) is 0 Å². The number of fused-ring (bicyclic) bond motifs is 1. The normalized spacial score (nSPS) is 20.1. The molecule has 0 radical (unpaired) electrons. The van der Waals surface area contributed by atoms with Crippen molar-refractivity contribution in [2.24, 2.45) is 0 Å². The van der Waals surface area contributed by atoms with Gasteiger partial charge >= 0.3 is 0 Å². The molecule has 32 heavy (non-hydrogen) atoms. The fourth-order valence-corrected chi connectivity index (χ4v) is 7.68. The van der Waals surface area contributed by atoms with E-state index in [-0.39, 0.29) is 11.9 Å². The molecule has 5 heteroatoms. The fraction of sp³-hybridized carbons (Fsp3) is 0.148. The van der Waals surface area contributed by atoms with Crippen LogP contribution in [0.15, 0.2) is 103 Å². The van der Waals surface area contributed by atoms with Crippen LogP contribution in [-0.4, -0.2) is 35.6 Å². The van der Waals surface area contributed by atoms with E-state index in [4.69, 9.17) is 0 Å². The van der Waals surface area contributed by atoms with Crippen LogP contribution in [0.1, 0.15) is 11.6 Å². The monoisotopic (exact) mass is 440 g/mol. The van der Waals surface area contributed by atoms with Crippen molar-refractivity contribution >= 4 is 34.6 Å². The molecular weight excluding hydrogens is 415 g/mol. The molecule has 0 N–H and O–H groups in total. The lowest BCUT2D eigenvalue weighted by molar-refractivity contribution is -0.128. The molecule has 1 aliphatic rings. The number of benzene rings is 4. The number of hydrogen-bond acceptors (Lipinski definition) is 2. The molecule has 3 atom stereocenters. The third-order valence-corrected chi connectivity index (χ3v) is 9.30. The zero-order chi connectivity index (χ0) is 22.3. The molecule has 0 aromatic heterocycles. The van der Waals surface area contributed by atoms with Crippen molar-refractivity contribution in [3.8, 4) is 0 Å². The number of hydrogen-bond donors (Lipinski definition) is 0. The Morgan fingerprint density at radius 3 is 1.88 bits per heavy atom. The molecule has 4 aromatic rings. The van der Waals surface area contributed by atoms with Gasteiger partial charge in [0.05, 0.1) is 6.04 Å². The van der Waals surface area contributed by atoms with Crippen LogP contribution in [0.4, 0.5) is 0 Å². The zero-order valence-corrected chi connectivity index (χ0v) is 19.0. The first-order chi connectivity index (χ1) is 15.5. The highest BCUT2D eigenvalue weighted by atomic mass is 31.2. The summed E-state index contributed by atoms with van der Waals surface area (Å²) in [7, 11) is 0.269. The van der Waals surface area contributed by atoms with Crippen molar-refractivity contribution in [1.82, 2.24) is 9.57 Å². The van der Waals surface area contributed by atoms with Gasteiger partial charge in [0, 0.05) is 24.7 Å². The van der Waals surface area contributed by atoms with E-state index in [1.54, 1.807) is 19.0 Å². The Bertz CT molecular complexity index is 1270. The van der Waals surface area contributed by atoms with E-state index >= 15 is 0 Å². The van der Waals surface area contributed by atoms with Gasteiger partial charge in [-0.3, -0.25) is 9.36 Å². The van der Waals surface area contributed by atoms with Crippen LogP contribution in [0.2, 0.25) is 0 Å². The van der Waals surface area contributed by atoms with Gasteiger partial charge in [-0.05, 0) is 40.6 Å². The Labute approximate surface area is 188 Å². The first-order valence-electron chi connectivity index (χ1n) is 10.7. The lowest BCUT2D eigenvalue weighted by Gasteiger charge is -2.22. The molecule has 1 aliphatic heterocycles. The minimum atomic E-state index is -3.25. The van der Waals surface area contributed by atoms with Crippen LogP contribution in [0, 0.1) is 0 Å². The van der Waals surface area contributed by atoms with Crippen LogP contribution in [-0.2, 0) is 9.36 Å². The Morgan fingerprint density at radius 1 is 0.750 bits per heavy atom. The van der Waals surface area contributed by atoms with E-state index in [1.165, 1.54) is 0 Å².